The van der Waals surface area contributed by atoms with E-state index in [4.69, 9.17) is 30.5 Å². The van der Waals surface area contributed by atoms with E-state index in [1.54, 1.807) is 30.3 Å². The maximum Gasteiger partial charge on any atom is 0.350 e. The minimum Gasteiger partial charge on any atom is -0.497 e. The molecule has 0 amide bonds. The molecule has 1 atom stereocenters. The summed E-state index contributed by atoms with van der Waals surface area (Å²) < 4.78 is 32.0. The number of ether oxygens (including phenoxy) is 3. The van der Waals surface area contributed by atoms with E-state index in [1.807, 2.05) is 0 Å². The Morgan fingerprint density at radius 3 is 2.40 bits per heavy atom. The van der Waals surface area contributed by atoms with Gasteiger partial charge in [0.25, 0.3) is 11.9 Å². The molecule has 2 heterocycles. The molecular formula is C26H27FN8O7. The SMILES string of the molecule is CC(=O)O.COC(=O)COc1cc(OC)cc([C@H](Nc2ccc(C(=N)N)cc2)c2nn(-c3ncccn3)c(=O)[nH]2)c1F. The van der Waals surface area contributed by atoms with Gasteiger partial charge in [-0.3, -0.25) is 15.2 Å². The molecule has 0 aliphatic heterocycles. The number of amidine groups is 1. The molecule has 0 saturated heterocycles. The van der Waals surface area contributed by atoms with Crippen LogP contribution in [0.5, 0.6) is 11.5 Å². The summed E-state index contributed by atoms with van der Waals surface area (Å²) in [6, 6.07) is 9.64. The van der Waals surface area contributed by atoms with Crippen LogP contribution in [0, 0.1) is 11.2 Å². The highest BCUT2D eigenvalue weighted by Gasteiger charge is 2.27. The van der Waals surface area contributed by atoms with Gasteiger partial charge in [0.1, 0.15) is 17.6 Å². The summed E-state index contributed by atoms with van der Waals surface area (Å²) in [6.07, 6.45) is 2.89. The van der Waals surface area contributed by atoms with Gasteiger partial charge in [0, 0.05) is 42.2 Å². The van der Waals surface area contributed by atoms with Crippen LogP contribution in [-0.2, 0) is 14.3 Å². The summed E-state index contributed by atoms with van der Waals surface area (Å²) in [5, 5.41) is 22.4. The van der Waals surface area contributed by atoms with Gasteiger partial charge in [-0.05, 0) is 36.4 Å². The van der Waals surface area contributed by atoms with Gasteiger partial charge in [-0.1, -0.05) is 0 Å². The third-order valence-electron chi connectivity index (χ3n) is 5.32. The second kappa shape index (κ2) is 14.0. The first-order valence-electron chi connectivity index (χ1n) is 12.0. The highest BCUT2D eigenvalue weighted by molar-refractivity contribution is 5.95. The number of methoxy groups -OCH3 is 2. The Morgan fingerprint density at radius 1 is 1.19 bits per heavy atom. The fraction of sp³-hybridized carbons (Fsp3) is 0.192. The van der Waals surface area contributed by atoms with Crippen molar-refractivity contribution >= 4 is 23.5 Å². The monoisotopic (exact) mass is 582 g/mol. The van der Waals surface area contributed by atoms with E-state index in [-0.39, 0.29) is 34.7 Å². The van der Waals surface area contributed by atoms with Crippen molar-refractivity contribution in [1.29, 1.82) is 5.41 Å². The van der Waals surface area contributed by atoms with Crippen LogP contribution in [-0.4, -0.2) is 68.4 Å². The van der Waals surface area contributed by atoms with Crippen LogP contribution in [0.4, 0.5) is 10.1 Å². The number of aromatic nitrogens is 5. The molecule has 4 rings (SSSR count). The number of esters is 1. The van der Waals surface area contributed by atoms with E-state index < -0.39 is 36.1 Å². The Balaban J connectivity index is 0.00000114. The average Bonchev–Trinajstić information content (AvgIpc) is 3.36. The Hall–Kier alpha value is -5.80. The molecule has 0 radical (unpaired) electrons. The van der Waals surface area contributed by atoms with Crippen LogP contribution in [0.3, 0.4) is 0 Å². The summed E-state index contributed by atoms with van der Waals surface area (Å²) in [5.41, 5.74) is 5.84. The number of H-pyrrole nitrogens is 1. The van der Waals surface area contributed by atoms with Crippen molar-refractivity contribution in [1.82, 2.24) is 24.7 Å². The maximum atomic E-state index is 15.8. The van der Waals surface area contributed by atoms with Crippen LogP contribution in [0.25, 0.3) is 5.95 Å². The number of carboxylic acids is 1. The number of anilines is 1. The summed E-state index contributed by atoms with van der Waals surface area (Å²) in [7, 11) is 2.56. The molecular weight excluding hydrogens is 555 g/mol. The molecule has 0 unspecified atom stereocenters. The number of nitrogens with two attached hydrogens (primary N) is 1. The number of carboxylic acid groups (broad SMARTS) is 1. The van der Waals surface area contributed by atoms with E-state index in [9.17, 15) is 9.59 Å². The highest BCUT2D eigenvalue weighted by atomic mass is 19.1. The second-order valence-corrected chi connectivity index (χ2v) is 8.26. The summed E-state index contributed by atoms with van der Waals surface area (Å²) in [5.74, 6) is -2.53. The highest BCUT2D eigenvalue weighted by Crippen LogP contribution is 2.35. The summed E-state index contributed by atoms with van der Waals surface area (Å²) in [6.45, 7) is 0.543. The molecule has 16 heteroatoms. The van der Waals surface area contributed by atoms with E-state index in [1.165, 1.54) is 38.7 Å². The van der Waals surface area contributed by atoms with Gasteiger partial charge >= 0.3 is 11.7 Å². The molecule has 0 aliphatic carbocycles. The predicted octanol–water partition coefficient (Wildman–Crippen LogP) is 1.63. The minimum atomic E-state index is -1.09. The van der Waals surface area contributed by atoms with Gasteiger partial charge in [0.15, 0.2) is 24.0 Å². The number of benzene rings is 2. The number of carbonyl (C=O) groups is 2. The lowest BCUT2D eigenvalue weighted by molar-refractivity contribution is -0.143. The Labute approximate surface area is 237 Å². The summed E-state index contributed by atoms with van der Waals surface area (Å²) in [4.78, 5) is 44.0. The van der Waals surface area contributed by atoms with Gasteiger partial charge < -0.3 is 30.4 Å². The normalized spacial score (nSPS) is 11.0. The largest absolute Gasteiger partial charge is 0.497 e. The maximum absolute atomic E-state index is 15.8. The van der Waals surface area contributed by atoms with Crippen molar-refractivity contribution in [3.8, 4) is 17.4 Å². The van der Waals surface area contributed by atoms with Gasteiger partial charge in [-0.25, -0.2) is 23.9 Å². The van der Waals surface area contributed by atoms with Crippen molar-refractivity contribution in [3.63, 3.8) is 0 Å². The zero-order valence-electron chi connectivity index (χ0n) is 22.6. The number of hydrogen-bond acceptors (Lipinski definition) is 11. The number of aliphatic carboxylic acids is 1. The van der Waals surface area contributed by atoms with Crippen LogP contribution in [0.2, 0.25) is 0 Å². The first kappa shape index (κ1) is 30.7. The molecule has 0 saturated carbocycles. The first-order valence-corrected chi connectivity index (χ1v) is 12.0. The third kappa shape index (κ3) is 7.87. The Kier molecular flexibility index (Phi) is 10.3. The number of rotatable bonds is 10. The van der Waals surface area contributed by atoms with Gasteiger partial charge in [-0.2, -0.15) is 0 Å². The molecule has 0 aliphatic rings. The van der Waals surface area contributed by atoms with Crippen molar-refractivity contribution < 1.29 is 33.3 Å². The van der Waals surface area contributed by atoms with E-state index in [0.717, 1.165) is 11.6 Å². The first-order chi connectivity index (χ1) is 20.0. The lowest BCUT2D eigenvalue weighted by atomic mass is 10.0. The Bertz CT molecular complexity index is 1600. The zero-order chi connectivity index (χ0) is 30.8. The number of hydrogen-bond donors (Lipinski definition) is 5. The number of nitrogens with zero attached hydrogens (tertiary/aromatic N) is 4. The lowest BCUT2D eigenvalue weighted by Gasteiger charge is -2.21. The number of halogens is 1. The number of nitrogens with one attached hydrogen (secondary N) is 3. The minimum absolute atomic E-state index is 0.0118. The van der Waals surface area contributed by atoms with E-state index in [2.05, 4.69) is 30.1 Å². The fourth-order valence-electron chi connectivity index (χ4n) is 3.43. The molecule has 42 heavy (non-hydrogen) atoms. The molecule has 220 valence electrons. The fourth-order valence-corrected chi connectivity index (χ4v) is 3.43. The predicted molar refractivity (Wildman–Crippen MR) is 146 cm³/mol. The van der Waals surface area contributed by atoms with E-state index in [0.29, 0.717) is 11.3 Å². The molecule has 0 bridgehead atoms. The molecule has 6 N–H and O–H groups in total. The molecule has 0 spiro atoms. The van der Waals surface area contributed by atoms with Crippen LogP contribution < -0.4 is 26.2 Å². The van der Waals surface area contributed by atoms with Crippen LogP contribution >= 0.6 is 0 Å². The third-order valence-corrected chi connectivity index (χ3v) is 5.32. The average molecular weight is 583 g/mol. The number of nitrogen functional groups attached to an aromatic ring is 1. The molecule has 0 fully saturated rings. The lowest BCUT2D eigenvalue weighted by Crippen LogP contribution is -2.18. The van der Waals surface area contributed by atoms with Gasteiger partial charge in [0.2, 0.25) is 0 Å². The van der Waals surface area contributed by atoms with Crippen molar-refractivity contribution in [3.05, 3.63) is 88.1 Å². The standard InChI is InChI=1S/C24H23FN8O5.C2H4O2/c1-36-15-10-16(19(25)17(11-15)38-12-18(34)37-2)20(30-14-6-4-13(5-7-14)21(26)27)22-31-24(35)33(32-22)23-28-8-3-9-29-23;1-2(3)4/h3-11,20,30H,12H2,1-2H3,(H3,26,27)(H,31,32,35);1H3,(H,3,4)/t20-;/m0./s1. The van der Waals surface area contributed by atoms with Gasteiger partial charge in [-0.15, -0.1) is 9.78 Å². The zero-order valence-corrected chi connectivity index (χ0v) is 22.6. The quantitative estimate of drug-likeness (QED) is 0.102. The van der Waals surface area contributed by atoms with Crippen molar-refractivity contribution in [2.75, 3.05) is 26.1 Å². The molecule has 15 nitrogen and oxygen atoms in total. The van der Waals surface area contributed by atoms with Crippen LogP contribution in [0.1, 0.15) is 29.9 Å². The van der Waals surface area contributed by atoms with E-state index >= 15 is 4.39 Å². The number of aromatic amines is 1. The second-order valence-electron chi connectivity index (χ2n) is 8.26. The van der Waals surface area contributed by atoms with Gasteiger partial charge in [0.05, 0.1) is 14.2 Å². The summed E-state index contributed by atoms with van der Waals surface area (Å²) >= 11 is 0. The Morgan fingerprint density at radius 2 is 1.83 bits per heavy atom. The molecule has 4 aromatic rings. The smallest absolute Gasteiger partial charge is 0.350 e. The van der Waals surface area contributed by atoms with Crippen LogP contribution in [0.15, 0.2) is 59.7 Å². The van der Waals surface area contributed by atoms with Crippen molar-refractivity contribution in [2.45, 2.75) is 13.0 Å². The van der Waals surface area contributed by atoms with Crippen molar-refractivity contribution in [2.24, 2.45) is 5.73 Å². The number of carbonyl (C=O) groups excluding carboxylic acids is 1. The topological polar surface area (TPSA) is 220 Å². The molecule has 2 aromatic heterocycles. The molecule has 2 aromatic carbocycles.